The molecule has 2 heterocycles. The summed E-state index contributed by atoms with van der Waals surface area (Å²) in [6.07, 6.45) is 0.951. The molecule has 5 heteroatoms. The lowest BCUT2D eigenvalue weighted by molar-refractivity contribution is -0.168. The predicted molar refractivity (Wildman–Crippen MR) is 47.2 cm³/mol. The fourth-order valence-electron chi connectivity index (χ4n) is 1.38. The maximum atomic E-state index is 10.8. The maximum absolute atomic E-state index is 10.8. The SMILES string of the molecule is CC(=O)O[C@H]1C(Br)=C[C@H]2CO[C@@H]1O2. The zero-order valence-corrected chi connectivity index (χ0v) is 8.61. The molecule has 2 aliphatic heterocycles. The molecule has 0 saturated carbocycles. The zero-order chi connectivity index (χ0) is 9.42. The van der Waals surface area contributed by atoms with Crippen molar-refractivity contribution >= 4 is 21.9 Å². The molecule has 72 valence electrons. The lowest BCUT2D eigenvalue weighted by Gasteiger charge is -2.25. The third kappa shape index (κ3) is 1.77. The molecular formula is C8H9BrO4. The molecule has 0 N–H and O–H groups in total. The van der Waals surface area contributed by atoms with Crippen molar-refractivity contribution in [3.8, 4) is 0 Å². The highest BCUT2D eigenvalue weighted by Crippen LogP contribution is 2.31. The van der Waals surface area contributed by atoms with Crippen LogP contribution < -0.4 is 0 Å². The van der Waals surface area contributed by atoms with Gasteiger partial charge in [-0.05, 0) is 6.08 Å². The summed E-state index contributed by atoms with van der Waals surface area (Å²) < 4.78 is 16.5. The molecule has 0 aromatic rings. The number of halogens is 1. The van der Waals surface area contributed by atoms with Crippen LogP contribution in [0.3, 0.4) is 0 Å². The Labute approximate surface area is 84.0 Å². The Balaban J connectivity index is 2.13. The second kappa shape index (κ2) is 3.40. The quantitative estimate of drug-likeness (QED) is 0.649. The van der Waals surface area contributed by atoms with Gasteiger partial charge in [0.05, 0.1) is 6.61 Å². The first kappa shape index (κ1) is 9.18. The van der Waals surface area contributed by atoms with Gasteiger partial charge in [-0.1, -0.05) is 15.9 Å². The van der Waals surface area contributed by atoms with Gasteiger partial charge in [-0.25, -0.2) is 0 Å². The standard InChI is InChI=1S/C8H9BrO4/c1-4(10)12-7-6(9)2-5-3-11-8(7)13-5/h2,5,7-8H,3H2,1H3/t5-,7-,8+/m0/s1. The van der Waals surface area contributed by atoms with E-state index in [-0.39, 0.29) is 12.1 Å². The van der Waals surface area contributed by atoms with Crippen LogP contribution >= 0.6 is 15.9 Å². The Bertz CT molecular complexity index is 263. The molecule has 0 aromatic heterocycles. The van der Waals surface area contributed by atoms with E-state index in [0.717, 1.165) is 4.48 Å². The number of carbonyl (C=O) groups is 1. The molecule has 4 nitrogen and oxygen atoms in total. The molecule has 0 aliphatic carbocycles. The van der Waals surface area contributed by atoms with E-state index < -0.39 is 12.4 Å². The molecule has 0 spiro atoms. The van der Waals surface area contributed by atoms with E-state index in [1.54, 1.807) is 0 Å². The number of rotatable bonds is 1. The minimum absolute atomic E-state index is 0.00816. The van der Waals surface area contributed by atoms with Crippen molar-refractivity contribution in [3.05, 3.63) is 10.6 Å². The maximum Gasteiger partial charge on any atom is 0.303 e. The number of hydrogen-bond acceptors (Lipinski definition) is 4. The van der Waals surface area contributed by atoms with E-state index in [9.17, 15) is 4.79 Å². The van der Waals surface area contributed by atoms with Crippen LogP contribution in [0, 0.1) is 0 Å². The predicted octanol–water partition coefficient (Wildman–Crippen LogP) is 0.952. The molecular weight excluding hydrogens is 240 g/mol. The van der Waals surface area contributed by atoms with Gasteiger partial charge in [0, 0.05) is 11.4 Å². The number of carbonyl (C=O) groups excluding carboxylic acids is 1. The van der Waals surface area contributed by atoms with Gasteiger partial charge in [-0.3, -0.25) is 4.79 Å². The fraction of sp³-hybridized carbons (Fsp3) is 0.625. The number of hydrogen-bond donors (Lipinski definition) is 0. The van der Waals surface area contributed by atoms with Gasteiger partial charge >= 0.3 is 5.97 Å². The average molecular weight is 249 g/mol. The van der Waals surface area contributed by atoms with Crippen molar-refractivity contribution < 1.29 is 19.0 Å². The van der Waals surface area contributed by atoms with Gasteiger partial charge in [-0.15, -0.1) is 0 Å². The van der Waals surface area contributed by atoms with Gasteiger partial charge in [-0.2, -0.15) is 0 Å². The van der Waals surface area contributed by atoms with Crippen LogP contribution in [0.2, 0.25) is 0 Å². The van der Waals surface area contributed by atoms with E-state index in [1.807, 2.05) is 6.08 Å². The number of esters is 1. The van der Waals surface area contributed by atoms with Gasteiger partial charge < -0.3 is 14.2 Å². The minimum atomic E-state index is -0.451. The summed E-state index contributed by atoms with van der Waals surface area (Å²) in [5.74, 6) is -0.340. The summed E-state index contributed by atoms with van der Waals surface area (Å²) >= 11 is 3.33. The first-order valence-corrected chi connectivity index (χ1v) is 4.77. The van der Waals surface area contributed by atoms with Crippen LogP contribution in [0.15, 0.2) is 10.6 Å². The molecule has 2 aliphatic rings. The van der Waals surface area contributed by atoms with Gasteiger partial charge in [0.1, 0.15) is 6.10 Å². The Hall–Kier alpha value is -0.390. The molecule has 0 unspecified atom stereocenters. The minimum Gasteiger partial charge on any atom is -0.452 e. The Morgan fingerprint density at radius 2 is 2.54 bits per heavy atom. The van der Waals surface area contributed by atoms with Crippen LogP contribution in [0.5, 0.6) is 0 Å². The largest absolute Gasteiger partial charge is 0.452 e. The molecule has 2 rings (SSSR count). The normalized spacial score (nSPS) is 37.1. The molecule has 1 saturated heterocycles. The van der Waals surface area contributed by atoms with Crippen LogP contribution in [-0.4, -0.2) is 31.1 Å². The van der Waals surface area contributed by atoms with Crippen LogP contribution in [0.4, 0.5) is 0 Å². The lowest BCUT2D eigenvalue weighted by Crippen LogP contribution is -2.35. The summed E-state index contributed by atoms with van der Waals surface area (Å²) in [5.41, 5.74) is 0. The van der Waals surface area contributed by atoms with Crippen LogP contribution in [-0.2, 0) is 19.0 Å². The summed E-state index contributed by atoms with van der Waals surface area (Å²) in [7, 11) is 0. The summed E-state index contributed by atoms with van der Waals surface area (Å²) in [6.45, 7) is 1.89. The van der Waals surface area contributed by atoms with Crippen molar-refractivity contribution in [2.75, 3.05) is 6.61 Å². The second-order valence-electron chi connectivity index (χ2n) is 2.96. The molecule has 0 radical (unpaired) electrons. The van der Waals surface area contributed by atoms with Crippen molar-refractivity contribution in [2.24, 2.45) is 0 Å². The van der Waals surface area contributed by atoms with Gasteiger partial charge in [0.2, 0.25) is 6.29 Å². The average Bonchev–Trinajstić information content (AvgIpc) is 2.42. The molecule has 13 heavy (non-hydrogen) atoms. The summed E-state index contributed by atoms with van der Waals surface area (Å²) in [5, 5.41) is 0. The Morgan fingerprint density at radius 1 is 1.77 bits per heavy atom. The van der Waals surface area contributed by atoms with Crippen molar-refractivity contribution in [3.63, 3.8) is 0 Å². The molecule has 0 amide bonds. The fourth-order valence-corrected chi connectivity index (χ4v) is 1.98. The molecule has 1 fully saturated rings. The van der Waals surface area contributed by atoms with E-state index in [0.29, 0.717) is 6.61 Å². The number of ether oxygens (including phenoxy) is 3. The highest BCUT2D eigenvalue weighted by molar-refractivity contribution is 9.11. The van der Waals surface area contributed by atoms with E-state index in [2.05, 4.69) is 15.9 Å². The van der Waals surface area contributed by atoms with Gasteiger partial charge in [0.15, 0.2) is 6.10 Å². The Kier molecular flexibility index (Phi) is 2.40. The second-order valence-corrected chi connectivity index (χ2v) is 3.87. The first-order chi connectivity index (χ1) is 6.16. The van der Waals surface area contributed by atoms with E-state index in [1.165, 1.54) is 6.92 Å². The Morgan fingerprint density at radius 3 is 3.23 bits per heavy atom. The van der Waals surface area contributed by atoms with Crippen LogP contribution in [0.1, 0.15) is 6.92 Å². The smallest absolute Gasteiger partial charge is 0.303 e. The zero-order valence-electron chi connectivity index (χ0n) is 7.03. The highest BCUT2D eigenvalue weighted by Gasteiger charge is 2.40. The van der Waals surface area contributed by atoms with E-state index >= 15 is 0 Å². The summed E-state index contributed by atoms with van der Waals surface area (Å²) in [6, 6.07) is 0. The van der Waals surface area contributed by atoms with Crippen LogP contribution in [0.25, 0.3) is 0 Å². The molecule has 3 atom stereocenters. The topological polar surface area (TPSA) is 44.8 Å². The van der Waals surface area contributed by atoms with Crippen molar-refractivity contribution in [2.45, 2.75) is 25.4 Å². The highest BCUT2D eigenvalue weighted by atomic mass is 79.9. The third-order valence-corrected chi connectivity index (χ3v) is 2.61. The molecule has 2 bridgehead atoms. The number of fused-ring (bicyclic) bond motifs is 2. The van der Waals surface area contributed by atoms with Crippen molar-refractivity contribution in [1.29, 1.82) is 0 Å². The third-order valence-electron chi connectivity index (χ3n) is 1.89. The van der Waals surface area contributed by atoms with Gasteiger partial charge in [0.25, 0.3) is 0 Å². The molecule has 0 aromatic carbocycles. The van der Waals surface area contributed by atoms with E-state index in [4.69, 9.17) is 14.2 Å². The monoisotopic (exact) mass is 248 g/mol. The summed E-state index contributed by atoms with van der Waals surface area (Å²) in [4.78, 5) is 10.8. The van der Waals surface area contributed by atoms with Crippen molar-refractivity contribution in [1.82, 2.24) is 0 Å². The lowest BCUT2D eigenvalue weighted by atomic mass is 10.2. The first-order valence-electron chi connectivity index (χ1n) is 3.98.